The van der Waals surface area contributed by atoms with Gasteiger partial charge in [-0.1, -0.05) is 41.1 Å². The van der Waals surface area contributed by atoms with E-state index in [1.807, 2.05) is 0 Å². The molecule has 37 heavy (non-hydrogen) atoms. The third-order valence-electron chi connectivity index (χ3n) is 8.16. The molecular formula is C22H23B5ClF2N3O4. The monoisotopic (exact) mass is 521 g/mol. The number of hydrogen-bond donors (Lipinski definition) is 1. The Morgan fingerprint density at radius 3 is 2.38 bits per heavy atom. The van der Waals surface area contributed by atoms with E-state index >= 15 is 0 Å². The number of halogens is 3. The fourth-order valence-electron chi connectivity index (χ4n) is 5.06. The van der Waals surface area contributed by atoms with E-state index < -0.39 is 39.8 Å². The Labute approximate surface area is 222 Å². The smallest absolute Gasteiger partial charge is 0.348 e. The van der Waals surface area contributed by atoms with Crippen LogP contribution < -0.4 is 5.32 Å². The summed E-state index contributed by atoms with van der Waals surface area (Å²) < 4.78 is 29.7. The molecule has 2 aromatic carbocycles. The predicted molar refractivity (Wildman–Crippen MR) is 147 cm³/mol. The highest BCUT2D eigenvalue weighted by Crippen LogP contribution is 2.49. The third-order valence-corrected chi connectivity index (χ3v) is 8.42. The summed E-state index contributed by atoms with van der Waals surface area (Å²) >= 11 is 5.77. The number of imide groups is 1. The molecule has 4 rings (SSSR count). The summed E-state index contributed by atoms with van der Waals surface area (Å²) in [4.78, 5) is 53.7. The maximum atomic E-state index is 14.8. The Morgan fingerprint density at radius 2 is 1.76 bits per heavy atom. The van der Waals surface area contributed by atoms with Crippen LogP contribution in [0.3, 0.4) is 0 Å². The van der Waals surface area contributed by atoms with Gasteiger partial charge in [0.25, 0.3) is 11.8 Å². The summed E-state index contributed by atoms with van der Waals surface area (Å²) in [6.07, 6.45) is 0. The van der Waals surface area contributed by atoms with Crippen molar-refractivity contribution in [3.05, 3.63) is 69.7 Å². The van der Waals surface area contributed by atoms with Crippen LogP contribution in [0.15, 0.2) is 42.5 Å². The van der Waals surface area contributed by atoms with Gasteiger partial charge in [0.1, 0.15) is 31.4 Å². The minimum Gasteiger partial charge on any atom is -0.384 e. The molecule has 1 N–H and O–H groups in total. The van der Waals surface area contributed by atoms with Gasteiger partial charge in [0, 0.05) is 35.1 Å². The number of fused-ring (bicyclic) bond motifs is 1. The highest BCUT2D eigenvalue weighted by atomic mass is 35.5. The fourth-order valence-corrected chi connectivity index (χ4v) is 5.18. The molecule has 2 heterocycles. The minimum absolute atomic E-state index is 0.106. The number of nitrogens with zero attached hydrogens (tertiary/aromatic N) is 2. The normalized spacial score (nSPS) is 22.9. The van der Waals surface area contributed by atoms with E-state index in [2.05, 4.69) is 5.32 Å². The van der Waals surface area contributed by atoms with Gasteiger partial charge in [-0.15, -0.1) is 0 Å². The lowest BCUT2D eigenvalue weighted by atomic mass is 9.31. The summed E-state index contributed by atoms with van der Waals surface area (Å²) in [5.41, 5.74) is -0.208. The van der Waals surface area contributed by atoms with Crippen LogP contribution >= 0.6 is 11.6 Å². The number of nitrogens with one attached hydrogen (secondary N) is 1. The number of alkyl halides is 2. The first-order valence-electron chi connectivity index (χ1n) is 11.8. The van der Waals surface area contributed by atoms with Crippen LogP contribution in [0.5, 0.6) is 0 Å². The zero-order chi connectivity index (χ0) is 27.5. The Balaban J connectivity index is 1.56. The zero-order valence-corrected chi connectivity index (χ0v) is 22.0. The molecule has 2 atom stereocenters. The van der Waals surface area contributed by atoms with Crippen LogP contribution in [0.2, 0.25) is 16.1 Å². The number of rotatable bonds is 5. The molecule has 0 saturated carbocycles. The second-order valence-corrected chi connectivity index (χ2v) is 10.9. The van der Waals surface area contributed by atoms with E-state index in [0.717, 1.165) is 16.9 Å². The molecule has 0 bridgehead atoms. The van der Waals surface area contributed by atoms with Crippen molar-refractivity contribution in [2.45, 2.75) is 35.5 Å². The molecule has 1 fully saturated rings. The van der Waals surface area contributed by atoms with Crippen LogP contribution in [0.4, 0.5) is 8.78 Å². The third kappa shape index (κ3) is 4.19. The van der Waals surface area contributed by atoms with Gasteiger partial charge in [0.2, 0.25) is 19.8 Å². The first kappa shape index (κ1) is 27.0. The average molecular weight is 521 g/mol. The van der Waals surface area contributed by atoms with E-state index in [4.69, 9.17) is 11.6 Å². The number of carbonyl (C=O) groups is 4. The molecule has 1 saturated heterocycles. The van der Waals surface area contributed by atoms with Gasteiger partial charge in [-0.25, -0.2) is 0 Å². The van der Waals surface area contributed by atoms with E-state index in [1.165, 1.54) is 25.0 Å². The van der Waals surface area contributed by atoms with Crippen molar-refractivity contribution in [2.75, 3.05) is 0 Å². The van der Waals surface area contributed by atoms with Crippen molar-refractivity contribution in [2.24, 2.45) is 0 Å². The average Bonchev–Trinajstić information content (AvgIpc) is 3.17. The molecule has 15 heteroatoms. The molecule has 2 aliphatic heterocycles. The first-order valence-corrected chi connectivity index (χ1v) is 12.2. The lowest BCUT2D eigenvalue weighted by molar-refractivity contribution is -0.154. The van der Waals surface area contributed by atoms with Crippen molar-refractivity contribution in [1.82, 2.24) is 15.0 Å². The lowest BCUT2D eigenvalue weighted by Gasteiger charge is -2.54. The number of benzene rings is 2. The highest BCUT2D eigenvalue weighted by Gasteiger charge is 2.60. The molecule has 0 radical (unpaired) electrons. The molecule has 2 aliphatic rings. The van der Waals surface area contributed by atoms with Crippen molar-refractivity contribution in [1.29, 1.82) is 0 Å². The topological polar surface area (TPSA) is 86.8 Å². The van der Waals surface area contributed by atoms with Gasteiger partial charge in [0.05, 0.1) is 5.44 Å². The Kier molecular flexibility index (Phi) is 6.63. The first-order chi connectivity index (χ1) is 17.1. The van der Waals surface area contributed by atoms with E-state index in [-0.39, 0.29) is 29.9 Å². The minimum atomic E-state index is -3.74. The molecule has 0 spiro atoms. The van der Waals surface area contributed by atoms with Gasteiger partial charge >= 0.3 is 5.92 Å². The van der Waals surface area contributed by atoms with Gasteiger partial charge in [0.15, 0.2) is 0 Å². The maximum Gasteiger partial charge on any atom is 0.348 e. The molecule has 4 amide bonds. The van der Waals surface area contributed by atoms with Crippen LogP contribution in [0, 0.1) is 0 Å². The van der Waals surface area contributed by atoms with Crippen LogP contribution in [-0.4, -0.2) is 78.1 Å². The summed E-state index contributed by atoms with van der Waals surface area (Å²) in [5, 5.41) is 1.81. The zero-order valence-electron chi connectivity index (χ0n) is 21.2. The number of hydrogen-bond acceptors (Lipinski definition) is 4. The number of amides is 4. The SMILES string of the molecule is BC1C(=O)NC(=O)C(B)(N2Cc3cc(CN(B)C(=O)C(F)(F)c4ccc(Cl)cc4)ccc3C2=O)C1(B)B. The van der Waals surface area contributed by atoms with Crippen LogP contribution in [-0.2, 0) is 33.4 Å². The summed E-state index contributed by atoms with van der Waals surface area (Å²) in [6.45, 7) is -0.00682. The van der Waals surface area contributed by atoms with Crippen LogP contribution in [0.25, 0.3) is 0 Å². The highest BCUT2D eigenvalue weighted by molar-refractivity contribution is 6.57. The Morgan fingerprint density at radius 1 is 1.14 bits per heavy atom. The largest absolute Gasteiger partial charge is 0.384 e. The van der Waals surface area contributed by atoms with Crippen molar-refractivity contribution < 1.29 is 28.0 Å². The van der Waals surface area contributed by atoms with Crippen molar-refractivity contribution in [3.63, 3.8) is 0 Å². The second kappa shape index (κ2) is 9.08. The molecule has 2 aromatic rings. The maximum absolute atomic E-state index is 14.8. The standard InChI is InChI=1S/C22H23B5ClF2N3O4/c23-15-16(34)31-18(36)22(26,21(15,24)25)32-9-11-7-10(1-6-14(11)17(32)35)8-33(27)19(37)20(29,30)12-2-4-13(28)5-3-12/h1-7,15H,8-9,23-27H2,(H,31,34,36). The van der Waals surface area contributed by atoms with Crippen molar-refractivity contribution in [3.8, 4) is 0 Å². The van der Waals surface area contributed by atoms with Gasteiger partial charge in [-0.05, 0) is 29.3 Å². The summed E-state index contributed by atoms with van der Waals surface area (Å²) in [7, 11) is 8.24. The van der Waals surface area contributed by atoms with Gasteiger partial charge in [-0.2, -0.15) is 8.78 Å². The molecule has 0 aliphatic carbocycles. The van der Waals surface area contributed by atoms with Gasteiger partial charge < -0.3 is 9.71 Å². The Bertz CT molecular complexity index is 1330. The molecular weight excluding hydrogens is 498 g/mol. The molecule has 186 valence electrons. The van der Waals surface area contributed by atoms with E-state index in [1.54, 1.807) is 49.6 Å². The van der Waals surface area contributed by atoms with Crippen LogP contribution in [0.1, 0.15) is 27.0 Å². The molecule has 0 aromatic heterocycles. The fraction of sp³-hybridized carbons (Fsp3) is 0.273. The molecule has 7 nitrogen and oxygen atoms in total. The molecule has 2 unspecified atom stereocenters. The number of piperidine rings is 1. The number of carbonyl (C=O) groups excluding carboxylic acids is 4. The van der Waals surface area contributed by atoms with Gasteiger partial charge in [-0.3, -0.25) is 24.5 Å². The predicted octanol–water partition coefficient (Wildman–Crippen LogP) is -2.25. The quantitative estimate of drug-likeness (QED) is 0.357. The van der Waals surface area contributed by atoms with Crippen molar-refractivity contribution >= 4 is 74.6 Å². The summed E-state index contributed by atoms with van der Waals surface area (Å²) in [6, 6.07) is 9.68. The second-order valence-electron chi connectivity index (χ2n) is 10.5. The van der Waals surface area contributed by atoms with E-state index in [0.29, 0.717) is 16.7 Å². The summed E-state index contributed by atoms with van der Waals surface area (Å²) in [5.74, 6) is -6.93. The lowest BCUT2D eigenvalue weighted by Crippen LogP contribution is -2.72. The van der Waals surface area contributed by atoms with E-state index in [9.17, 15) is 28.0 Å². The Hall–Kier alpha value is -3.01.